The predicted molar refractivity (Wildman–Crippen MR) is 67.5 cm³/mol. The smallest absolute Gasteiger partial charge is 0.400 e. The summed E-state index contributed by atoms with van der Waals surface area (Å²) in [6.45, 7) is 7.91. The van der Waals surface area contributed by atoms with Gasteiger partial charge in [0.1, 0.15) is 0 Å². The van der Waals surface area contributed by atoms with Crippen molar-refractivity contribution in [2.24, 2.45) is 5.92 Å². The zero-order valence-corrected chi connectivity index (χ0v) is 11.5. The van der Waals surface area contributed by atoms with Crippen molar-refractivity contribution in [3.8, 4) is 0 Å². The lowest BCUT2D eigenvalue weighted by molar-refractivity contribution is 0.00578. The third-order valence-electron chi connectivity index (χ3n) is 4.25. The van der Waals surface area contributed by atoms with Gasteiger partial charge < -0.3 is 9.31 Å². The second-order valence-electron chi connectivity index (χ2n) is 6.37. The van der Waals surface area contributed by atoms with E-state index in [1.807, 2.05) is 33.8 Å². The summed E-state index contributed by atoms with van der Waals surface area (Å²) < 4.78 is 37.6. The maximum Gasteiger partial charge on any atom is 0.486 e. The van der Waals surface area contributed by atoms with Crippen LogP contribution in [0.2, 0.25) is 0 Å². The summed E-state index contributed by atoms with van der Waals surface area (Å²) in [5.74, 6) is -0.771. The van der Waals surface area contributed by atoms with Crippen molar-refractivity contribution >= 4 is 7.12 Å². The van der Waals surface area contributed by atoms with Gasteiger partial charge in [0.25, 0.3) is 0 Å². The highest BCUT2D eigenvalue weighted by Gasteiger charge is 2.50. The minimum atomic E-state index is -2.50. The van der Waals surface area contributed by atoms with Crippen LogP contribution in [0.5, 0.6) is 0 Å². The van der Waals surface area contributed by atoms with Crippen molar-refractivity contribution < 1.29 is 18.1 Å². The highest BCUT2D eigenvalue weighted by Crippen LogP contribution is 2.40. The van der Waals surface area contributed by atoms with Gasteiger partial charge in [0.2, 0.25) is 5.92 Å². The Morgan fingerprint density at radius 2 is 1.67 bits per heavy atom. The van der Waals surface area contributed by atoms with Crippen LogP contribution in [0.1, 0.15) is 47.0 Å². The minimum absolute atomic E-state index is 0.00856. The average Bonchev–Trinajstić information content (AvgIpc) is 2.62. The van der Waals surface area contributed by atoms with Crippen molar-refractivity contribution in [3.05, 3.63) is 12.1 Å². The molecule has 0 aromatic rings. The normalized spacial score (nSPS) is 33.4. The molecule has 0 spiro atoms. The standard InChI is InChI=1S/C13H21BF2O2/c1-11(2)12(3,4)18-14(17-11)8-6-10-5-7-13(15,16)9-10/h6,8,10H,5,7,9H2,1-4H3/b8-6+. The van der Waals surface area contributed by atoms with Crippen LogP contribution in [0.3, 0.4) is 0 Å². The summed E-state index contributed by atoms with van der Waals surface area (Å²) in [6.07, 6.45) is 2.31. The Bertz CT molecular complexity index is 337. The van der Waals surface area contributed by atoms with Crippen LogP contribution in [0, 0.1) is 5.92 Å². The molecule has 1 saturated heterocycles. The summed E-state index contributed by atoms with van der Waals surface area (Å²) in [5.41, 5.74) is -0.747. The molecular weight excluding hydrogens is 237 g/mol. The van der Waals surface area contributed by atoms with Crippen LogP contribution in [0.25, 0.3) is 0 Å². The summed E-state index contributed by atoms with van der Waals surface area (Å²) in [4.78, 5) is 0. The fourth-order valence-corrected chi connectivity index (χ4v) is 2.36. The first-order chi connectivity index (χ1) is 8.11. The first-order valence-corrected chi connectivity index (χ1v) is 6.53. The van der Waals surface area contributed by atoms with Gasteiger partial charge >= 0.3 is 7.12 Å². The van der Waals surface area contributed by atoms with E-state index in [2.05, 4.69) is 0 Å². The highest BCUT2D eigenvalue weighted by molar-refractivity contribution is 6.51. The molecule has 5 heteroatoms. The van der Waals surface area contributed by atoms with E-state index in [9.17, 15) is 8.78 Å². The van der Waals surface area contributed by atoms with Crippen molar-refractivity contribution in [1.82, 2.24) is 0 Å². The van der Waals surface area contributed by atoms with E-state index in [-0.39, 0.29) is 30.0 Å². The van der Waals surface area contributed by atoms with Gasteiger partial charge in [-0.25, -0.2) is 8.78 Å². The Balaban J connectivity index is 1.93. The molecule has 1 aliphatic heterocycles. The van der Waals surface area contributed by atoms with E-state index in [1.54, 1.807) is 5.98 Å². The van der Waals surface area contributed by atoms with Crippen LogP contribution >= 0.6 is 0 Å². The Morgan fingerprint density at radius 3 is 2.11 bits per heavy atom. The molecule has 2 fully saturated rings. The van der Waals surface area contributed by atoms with Gasteiger partial charge in [-0.3, -0.25) is 0 Å². The van der Waals surface area contributed by atoms with Crippen molar-refractivity contribution in [3.63, 3.8) is 0 Å². The molecule has 2 nitrogen and oxygen atoms in total. The molecule has 0 bridgehead atoms. The molecule has 1 heterocycles. The highest BCUT2D eigenvalue weighted by atomic mass is 19.3. The molecule has 0 radical (unpaired) electrons. The Kier molecular flexibility index (Phi) is 3.35. The fraction of sp³-hybridized carbons (Fsp3) is 0.846. The first kappa shape index (κ1) is 14.0. The van der Waals surface area contributed by atoms with E-state index in [0.717, 1.165) is 0 Å². The third-order valence-corrected chi connectivity index (χ3v) is 4.25. The molecule has 0 aromatic carbocycles. The molecule has 2 rings (SSSR count). The number of hydrogen-bond acceptors (Lipinski definition) is 2. The molecule has 1 aliphatic carbocycles. The van der Waals surface area contributed by atoms with Crippen LogP contribution in [-0.4, -0.2) is 24.2 Å². The molecule has 102 valence electrons. The molecule has 1 atom stereocenters. The van der Waals surface area contributed by atoms with Gasteiger partial charge in [0.15, 0.2) is 0 Å². The molecule has 0 aromatic heterocycles. The van der Waals surface area contributed by atoms with Gasteiger partial charge in [-0.1, -0.05) is 12.1 Å². The van der Waals surface area contributed by atoms with Crippen molar-refractivity contribution in [2.45, 2.75) is 64.1 Å². The molecular formula is C13H21BF2O2. The van der Waals surface area contributed by atoms with E-state index < -0.39 is 13.0 Å². The molecule has 18 heavy (non-hydrogen) atoms. The Morgan fingerprint density at radius 1 is 1.11 bits per heavy atom. The summed E-state index contributed by atoms with van der Waals surface area (Å²) in [5, 5.41) is 0. The topological polar surface area (TPSA) is 18.5 Å². The van der Waals surface area contributed by atoms with Crippen LogP contribution in [-0.2, 0) is 9.31 Å². The number of hydrogen-bond donors (Lipinski definition) is 0. The maximum absolute atomic E-state index is 13.0. The summed E-state index contributed by atoms with van der Waals surface area (Å²) in [6, 6.07) is 0. The quantitative estimate of drug-likeness (QED) is 0.704. The van der Waals surface area contributed by atoms with Crippen LogP contribution < -0.4 is 0 Å². The molecule has 0 N–H and O–H groups in total. The fourth-order valence-electron chi connectivity index (χ4n) is 2.36. The van der Waals surface area contributed by atoms with Gasteiger partial charge in [-0.05, 0) is 40.0 Å². The molecule has 2 aliphatic rings. The molecule has 0 amide bonds. The zero-order valence-electron chi connectivity index (χ0n) is 11.5. The van der Waals surface area contributed by atoms with E-state index in [4.69, 9.17) is 9.31 Å². The van der Waals surface area contributed by atoms with E-state index in [0.29, 0.717) is 6.42 Å². The summed E-state index contributed by atoms with van der Waals surface area (Å²) in [7, 11) is -0.427. The predicted octanol–water partition coefficient (Wildman–Crippen LogP) is 3.61. The number of alkyl halides is 2. The largest absolute Gasteiger partial charge is 0.486 e. The second kappa shape index (κ2) is 4.31. The van der Waals surface area contributed by atoms with Crippen LogP contribution in [0.15, 0.2) is 12.1 Å². The molecule has 1 unspecified atom stereocenters. The monoisotopic (exact) mass is 258 g/mol. The van der Waals surface area contributed by atoms with Gasteiger partial charge in [0, 0.05) is 12.8 Å². The Hall–Kier alpha value is -0.415. The van der Waals surface area contributed by atoms with E-state index >= 15 is 0 Å². The first-order valence-electron chi connectivity index (χ1n) is 6.53. The summed E-state index contributed by atoms with van der Waals surface area (Å²) >= 11 is 0. The third kappa shape index (κ3) is 2.77. The average molecular weight is 258 g/mol. The lowest BCUT2D eigenvalue weighted by Crippen LogP contribution is -2.41. The van der Waals surface area contributed by atoms with Crippen molar-refractivity contribution in [1.29, 1.82) is 0 Å². The zero-order chi connectivity index (χ0) is 13.6. The Labute approximate surface area is 108 Å². The van der Waals surface area contributed by atoms with Gasteiger partial charge in [-0.15, -0.1) is 0 Å². The van der Waals surface area contributed by atoms with Gasteiger partial charge in [-0.2, -0.15) is 0 Å². The maximum atomic E-state index is 13.0. The second-order valence-corrected chi connectivity index (χ2v) is 6.37. The lowest BCUT2D eigenvalue weighted by atomic mass is 9.87. The lowest BCUT2D eigenvalue weighted by Gasteiger charge is -2.32. The minimum Gasteiger partial charge on any atom is -0.400 e. The van der Waals surface area contributed by atoms with Crippen LogP contribution in [0.4, 0.5) is 8.78 Å². The number of allylic oxidation sites excluding steroid dienone is 1. The van der Waals surface area contributed by atoms with Gasteiger partial charge in [0.05, 0.1) is 11.2 Å². The van der Waals surface area contributed by atoms with E-state index in [1.165, 1.54) is 0 Å². The SMILES string of the molecule is CC1(C)OB(/C=C/C2CCC(F)(F)C2)OC1(C)C. The number of rotatable bonds is 2. The molecule has 1 saturated carbocycles. The van der Waals surface area contributed by atoms with Crippen molar-refractivity contribution in [2.75, 3.05) is 0 Å². The number of halogens is 2.